The topological polar surface area (TPSA) is 121 Å². The minimum absolute atomic E-state index is 0.173. The molecule has 0 aliphatic carbocycles. The van der Waals surface area contributed by atoms with Gasteiger partial charge in [-0.1, -0.05) is 0 Å². The monoisotopic (exact) mass is 464 g/mol. The molecule has 0 spiro atoms. The summed E-state index contributed by atoms with van der Waals surface area (Å²) >= 11 is 0. The highest BCUT2D eigenvalue weighted by atomic mass is 16.5. The first-order valence-electron chi connectivity index (χ1n) is 10.9. The molecule has 2 aromatic heterocycles. The zero-order valence-corrected chi connectivity index (χ0v) is 19.3. The zero-order chi connectivity index (χ0) is 24.4. The van der Waals surface area contributed by atoms with Crippen LogP contribution in [0.25, 0.3) is 33.4 Å². The average Bonchev–Trinajstić information content (AvgIpc) is 2.88. The van der Waals surface area contributed by atoms with E-state index in [9.17, 15) is 0 Å². The van der Waals surface area contributed by atoms with Gasteiger partial charge in [0.1, 0.15) is 17.3 Å². The van der Waals surface area contributed by atoms with Crippen molar-refractivity contribution in [2.75, 3.05) is 31.0 Å². The molecule has 0 aliphatic rings. The molecule has 3 aromatic carbocycles. The van der Waals surface area contributed by atoms with Crippen LogP contribution in [0.4, 0.5) is 23.1 Å². The van der Waals surface area contributed by atoms with Gasteiger partial charge in [0.15, 0.2) is 0 Å². The highest BCUT2D eigenvalue weighted by molar-refractivity contribution is 5.95. The number of ether oxygens (including phenoxy) is 2. The highest BCUT2D eigenvalue weighted by Crippen LogP contribution is 2.31. The quantitative estimate of drug-likeness (QED) is 0.310. The van der Waals surface area contributed by atoms with E-state index in [0.29, 0.717) is 17.2 Å². The van der Waals surface area contributed by atoms with Gasteiger partial charge in [-0.25, -0.2) is 9.97 Å². The lowest BCUT2D eigenvalue weighted by Crippen LogP contribution is -2.02. The van der Waals surface area contributed by atoms with E-state index in [0.717, 1.165) is 44.9 Å². The van der Waals surface area contributed by atoms with Crippen molar-refractivity contribution in [1.29, 1.82) is 0 Å². The highest BCUT2D eigenvalue weighted by Gasteiger charge is 2.10. The number of nitrogens with two attached hydrogens (primary N) is 2. The summed E-state index contributed by atoms with van der Waals surface area (Å²) < 4.78 is 10.5. The van der Waals surface area contributed by atoms with Gasteiger partial charge in [0.2, 0.25) is 5.95 Å². The van der Waals surface area contributed by atoms with E-state index in [4.69, 9.17) is 25.9 Å². The number of hydrogen-bond donors (Lipinski definition) is 3. The number of rotatable bonds is 6. The second-order valence-electron chi connectivity index (χ2n) is 7.91. The summed E-state index contributed by atoms with van der Waals surface area (Å²) in [6.45, 7) is 0. The van der Waals surface area contributed by atoms with Gasteiger partial charge in [0.25, 0.3) is 0 Å². The maximum atomic E-state index is 6.41. The molecule has 174 valence electrons. The van der Waals surface area contributed by atoms with Crippen LogP contribution >= 0.6 is 0 Å². The van der Waals surface area contributed by atoms with E-state index >= 15 is 0 Å². The Morgan fingerprint density at radius 1 is 0.657 bits per heavy atom. The summed E-state index contributed by atoms with van der Waals surface area (Å²) in [5, 5.41) is 4.14. The summed E-state index contributed by atoms with van der Waals surface area (Å²) in [6, 6.07) is 24.8. The Morgan fingerprint density at radius 3 is 1.86 bits per heavy atom. The Hall–Kier alpha value is -4.85. The standard InChI is InChI=1S/C27H24N6O2/c1-34-19-8-3-16(4-9-19)24-14-22(28)21-13-18(7-12-23(21)31-24)30-26-15-25(32-27(29)33-26)17-5-10-20(35-2)11-6-17/h3-15H,1-2H3,(H2,28,31)(H3,29,30,32,33). The Kier molecular flexibility index (Phi) is 5.76. The molecule has 35 heavy (non-hydrogen) atoms. The largest absolute Gasteiger partial charge is 0.497 e. The molecule has 5 N–H and O–H groups in total. The van der Waals surface area contributed by atoms with Crippen molar-refractivity contribution in [2.24, 2.45) is 0 Å². The van der Waals surface area contributed by atoms with E-state index in [1.807, 2.05) is 78.9 Å². The van der Waals surface area contributed by atoms with Crippen molar-refractivity contribution < 1.29 is 9.47 Å². The van der Waals surface area contributed by atoms with Crippen LogP contribution in [-0.2, 0) is 0 Å². The maximum absolute atomic E-state index is 6.41. The second-order valence-corrected chi connectivity index (χ2v) is 7.91. The summed E-state index contributed by atoms with van der Waals surface area (Å²) in [7, 11) is 3.27. The van der Waals surface area contributed by atoms with Gasteiger partial charge < -0.3 is 26.3 Å². The first-order valence-corrected chi connectivity index (χ1v) is 10.9. The Balaban J connectivity index is 1.44. The molecule has 0 amide bonds. The van der Waals surface area contributed by atoms with Gasteiger partial charge in [0.05, 0.1) is 31.1 Å². The van der Waals surface area contributed by atoms with Crippen LogP contribution in [-0.4, -0.2) is 29.2 Å². The Morgan fingerprint density at radius 2 is 1.26 bits per heavy atom. The van der Waals surface area contributed by atoms with E-state index in [1.54, 1.807) is 14.2 Å². The molecule has 0 aliphatic heterocycles. The van der Waals surface area contributed by atoms with E-state index in [1.165, 1.54) is 0 Å². The zero-order valence-electron chi connectivity index (χ0n) is 19.3. The maximum Gasteiger partial charge on any atom is 0.222 e. The molecule has 0 bridgehead atoms. The van der Waals surface area contributed by atoms with Gasteiger partial charge in [-0.2, -0.15) is 4.98 Å². The van der Waals surface area contributed by atoms with Crippen molar-refractivity contribution in [1.82, 2.24) is 15.0 Å². The SMILES string of the molecule is COc1ccc(-c2cc(Nc3ccc4nc(-c5ccc(OC)cc5)cc(N)c4c3)nc(N)n2)cc1. The fourth-order valence-electron chi connectivity index (χ4n) is 3.83. The smallest absolute Gasteiger partial charge is 0.222 e. The minimum atomic E-state index is 0.173. The van der Waals surface area contributed by atoms with Gasteiger partial charge >= 0.3 is 0 Å². The Labute approximate surface area is 202 Å². The lowest BCUT2D eigenvalue weighted by molar-refractivity contribution is 0.415. The third-order valence-electron chi connectivity index (χ3n) is 5.63. The van der Waals surface area contributed by atoms with Crippen LogP contribution in [0.2, 0.25) is 0 Å². The first kappa shape index (κ1) is 22.0. The van der Waals surface area contributed by atoms with Crippen LogP contribution in [0.1, 0.15) is 0 Å². The third-order valence-corrected chi connectivity index (χ3v) is 5.63. The fourth-order valence-corrected chi connectivity index (χ4v) is 3.83. The predicted octanol–water partition coefficient (Wildman–Crippen LogP) is 5.28. The molecule has 0 radical (unpaired) electrons. The minimum Gasteiger partial charge on any atom is -0.497 e. The molecule has 5 rings (SSSR count). The number of nitrogens with one attached hydrogen (secondary N) is 1. The fraction of sp³-hybridized carbons (Fsp3) is 0.0741. The molecule has 0 fully saturated rings. The molecule has 0 unspecified atom stereocenters. The van der Waals surface area contributed by atoms with Crippen LogP contribution < -0.4 is 26.3 Å². The molecular weight excluding hydrogens is 440 g/mol. The van der Waals surface area contributed by atoms with E-state index < -0.39 is 0 Å². The predicted molar refractivity (Wildman–Crippen MR) is 140 cm³/mol. The van der Waals surface area contributed by atoms with Gasteiger partial charge in [0, 0.05) is 34.0 Å². The van der Waals surface area contributed by atoms with Crippen molar-refractivity contribution in [2.45, 2.75) is 0 Å². The lowest BCUT2D eigenvalue weighted by atomic mass is 10.1. The average molecular weight is 465 g/mol. The lowest BCUT2D eigenvalue weighted by Gasteiger charge is -2.11. The number of fused-ring (bicyclic) bond motifs is 1. The Bertz CT molecular complexity index is 1500. The van der Waals surface area contributed by atoms with Crippen molar-refractivity contribution in [3.05, 3.63) is 78.9 Å². The number of methoxy groups -OCH3 is 2. The number of nitrogen functional groups attached to an aromatic ring is 2. The van der Waals surface area contributed by atoms with Crippen molar-refractivity contribution >= 4 is 34.0 Å². The van der Waals surface area contributed by atoms with Gasteiger partial charge in [-0.05, 0) is 72.8 Å². The van der Waals surface area contributed by atoms with E-state index in [2.05, 4.69) is 15.3 Å². The molecular formula is C27H24N6O2. The molecule has 8 heteroatoms. The van der Waals surface area contributed by atoms with Crippen LogP contribution in [0, 0.1) is 0 Å². The number of nitrogens with zero attached hydrogens (tertiary/aromatic N) is 3. The number of benzene rings is 3. The summed E-state index contributed by atoms with van der Waals surface area (Å²) in [5.41, 5.74) is 18.0. The first-order chi connectivity index (χ1) is 17.0. The van der Waals surface area contributed by atoms with Crippen molar-refractivity contribution in [3.63, 3.8) is 0 Å². The molecule has 0 saturated heterocycles. The second kappa shape index (κ2) is 9.18. The molecule has 8 nitrogen and oxygen atoms in total. The number of hydrogen-bond acceptors (Lipinski definition) is 8. The summed E-state index contributed by atoms with van der Waals surface area (Å²) in [6.07, 6.45) is 0. The molecule has 0 atom stereocenters. The third kappa shape index (κ3) is 4.63. The molecule has 2 heterocycles. The number of aromatic nitrogens is 3. The molecule has 0 saturated carbocycles. The van der Waals surface area contributed by atoms with Crippen LogP contribution in [0.15, 0.2) is 78.9 Å². The number of pyridine rings is 1. The summed E-state index contributed by atoms with van der Waals surface area (Å²) in [5.74, 6) is 2.31. The van der Waals surface area contributed by atoms with Gasteiger partial charge in [-0.15, -0.1) is 0 Å². The van der Waals surface area contributed by atoms with Crippen LogP contribution in [0.5, 0.6) is 11.5 Å². The van der Waals surface area contributed by atoms with Crippen LogP contribution in [0.3, 0.4) is 0 Å². The summed E-state index contributed by atoms with van der Waals surface area (Å²) in [4.78, 5) is 13.5. The van der Waals surface area contributed by atoms with E-state index in [-0.39, 0.29) is 5.95 Å². The normalized spacial score (nSPS) is 10.8. The molecule has 5 aromatic rings. The van der Waals surface area contributed by atoms with Crippen molar-refractivity contribution in [3.8, 4) is 34.0 Å². The van der Waals surface area contributed by atoms with Gasteiger partial charge in [-0.3, -0.25) is 0 Å². The number of anilines is 4.